The maximum atomic E-state index is 12.0. The molecule has 1 unspecified atom stereocenters. The largest absolute Gasteiger partial charge is 0.326 e. The molecule has 3 heteroatoms. The van der Waals surface area contributed by atoms with Crippen LogP contribution in [0.15, 0.2) is 48.5 Å². The van der Waals surface area contributed by atoms with Crippen LogP contribution in [0.2, 0.25) is 0 Å². The van der Waals surface area contributed by atoms with Gasteiger partial charge in [-0.15, -0.1) is 0 Å². The summed E-state index contributed by atoms with van der Waals surface area (Å²) in [6, 6.07) is 16.0. The van der Waals surface area contributed by atoms with Gasteiger partial charge in [-0.05, 0) is 31.5 Å². The number of anilines is 1. The molecule has 2 N–H and O–H groups in total. The first kappa shape index (κ1) is 15.3. The van der Waals surface area contributed by atoms with E-state index in [9.17, 15) is 4.79 Å². The number of hydrogen-bond donors (Lipinski definition) is 2. The van der Waals surface area contributed by atoms with Crippen LogP contribution in [-0.4, -0.2) is 19.5 Å². The zero-order valence-electron chi connectivity index (χ0n) is 12.9. The lowest BCUT2D eigenvalue weighted by atomic mass is 10.1. The summed E-state index contributed by atoms with van der Waals surface area (Å²) in [5.41, 5.74) is 4.71. The molecule has 0 spiro atoms. The normalized spacial score (nSPS) is 12.0. The number of hydrogen-bond acceptors (Lipinski definition) is 1. The van der Waals surface area contributed by atoms with Crippen molar-refractivity contribution in [2.75, 3.05) is 18.9 Å². The van der Waals surface area contributed by atoms with E-state index in [1.807, 2.05) is 37.4 Å². The lowest BCUT2D eigenvalue weighted by Gasteiger charge is -2.15. The number of nitrogens with one attached hydrogen (secondary N) is 2. The van der Waals surface area contributed by atoms with Crippen molar-refractivity contribution in [2.24, 2.45) is 0 Å². The Morgan fingerprint density at radius 1 is 1.10 bits per heavy atom. The van der Waals surface area contributed by atoms with E-state index >= 15 is 0 Å². The molecule has 2 aromatic rings. The zero-order chi connectivity index (χ0) is 15.2. The molecule has 0 heterocycles. The summed E-state index contributed by atoms with van der Waals surface area (Å²) in [5.74, 6) is 0.0449. The fraction of sp³-hybridized carbons (Fsp3) is 0.278. The van der Waals surface area contributed by atoms with Gasteiger partial charge in [0.05, 0.1) is 7.05 Å². The maximum absolute atomic E-state index is 12.0. The fourth-order valence-electron chi connectivity index (χ4n) is 2.43. The summed E-state index contributed by atoms with van der Waals surface area (Å²) in [6.45, 7) is 5.54. The summed E-state index contributed by atoms with van der Waals surface area (Å²) < 4.78 is 0. The molecule has 0 aliphatic carbocycles. The minimum Gasteiger partial charge on any atom is -0.326 e. The molecule has 3 nitrogen and oxygen atoms in total. The molecule has 0 saturated heterocycles. The van der Waals surface area contributed by atoms with Crippen LogP contribution in [0.4, 0.5) is 5.69 Å². The van der Waals surface area contributed by atoms with Gasteiger partial charge in [0.1, 0.15) is 6.54 Å². The minimum absolute atomic E-state index is 0.0449. The van der Waals surface area contributed by atoms with E-state index in [0.717, 1.165) is 12.2 Å². The van der Waals surface area contributed by atoms with E-state index in [1.165, 1.54) is 21.6 Å². The average Bonchev–Trinajstić information content (AvgIpc) is 2.43. The highest BCUT2D eigenvalue weighted by molar-refractivity contribution is 5.91. The summed E-state index contributed by atoms with van der Waals surface area (Å²) in [5, 5.41) is 2.92. The third-order valence-electron chi connectivity index (χ3n) is 3.51. The van der Waals surface area contributed by atoms with Gasteiger partial charge in [0.25, 0.3) is 5.91 Å². The van der Waals surface area contributed by atoms with Crippen molar-refractivity contribution in [1.29, 1.82) is 0 Å². The quantitative estimate of drug-likeness (QED) is 0.864. The predicted octanol–water partition coefficient (Wildman–Crippen LogP) is 1.96. The molecule has 2 rings (SSSR count). The van der Waals surface area contributed by atoms with Gasteiger partial charge in [0.2, 0.25) is 0 Å². The molecule has 0 radical (unpaired) electrons. The number of rotatable bonds is 5. The second kappa shape index (κ2) is 7.04. The summed E-state index contributed by atoms with van der Waals surface area (Å²) in [6.07, 6.45) is 0. The Bertz CT molecular complexity index is 608. The summed E-state index contributed by atoms with van der Waals surface area (Å²) in [7, 11) is 2.05. The lowest BCUT2D eigenvalue weighted by Crippen LogP contribution is -3.08. The first-order valence-electron chi connectivity index (χ1n) is 7.27. The van der Waals surface area contributed by atoms with Gasteiger partial charge in [-0.3, -0.25) is 4.79 Å². The van der Waals surface area contributed by atoms with Crippen molar-refractivity contribution in [1.82, 2.24) is 0 Å². The van der Waals surface area contributed by atoms with E-state index in [2.05, 4.69) is 37.4 Å². The van der Waals surface area contributed by atoms with E-state index in [0.29, 0.717) is 6.54 Å². The molecule has 21 heavy (non-hydrogen) atoms. The molecule has 0 aromatic heterocycles. The third kappa shape index (κ3) is 4.72. The summed E-state index contributed by atoms with van der Waals surface area (Å²) in [4.78, 5) is 13.2. The van der Waals surface area contributed by atoms with Gasteiger partial charge >= 0.3 is 0 Å². The highest BCUT2D eigenvalue weighted by Crippen LogP contribution is 2.09. The Labute approximate surface area is 126 Å². The van der Waals surface area contributed by atoms with Crippen LogP contribution in [0.25, 0.3) is 0 Å². The van der Waals surface area contributed by atoms with Crippen LogP contribution in [0.1, 0.15) is 16.7 Å². The number of likely N-dealkylation sites (N-methyl/N-ethyl adjacent to an activating group) is 1. The molecule has 0 aliphatic rings. The molecule has 2 aromatic carbocycles. The van der Waals surface area contributed by atoms with Crippen LogP contribution >= 0.6 is 0 Å². The van der Waals surface area contributed by atoms with Crippen LogP contribution < -0.4 is 10.2 Å². The molecule has 110 valence electrons. The van der Waals surface area contributed by atoms with E-state index < -0.39 is 0 Å². The van der Waals surface area contributed by atoms with E-state index in [4.69, 9.17) is 0 Å². The number of amides is 1. The third-order valence-corrected chi connectivity index (χ3v) is 3.51. The maximum Gasteiger partial charge on any atom is 0.279 e. The molecule has 0 saturated carbocycles. The SMILES string of the molecule is Cc1ccc(C[NH+](C)CC(=O)Nc2ccccc2)c(C)c1. The topological polar surface area (TPSA) is 33.5 Å². The van der Waals surface area contributed by atoms with E-state index in [-0.39, 0.29) is 5.91 Å². The first-order chi connectivity index (χ1) is 10.0. The Morgan fingerprint density at radius 2 is 1.81 bits per heavy atom. The van der Waals surface area contributed by atoms with Crippen LogP contribution in [0.3, 0.4) is 0 Å². The van der Waals surface area contributed by atoms with Crippen molar-refractivity contribution < 1.29 is 9.69 Å². The number of para-hydroxylation sites is 1. The summed E-state index contributed by atoms with van der Waals surface area (Å²) >= 11 is 0. The first-order valence-corrected chi connectivity index (χ1v) is 7.27. The Hall–Kier alpha value is -2.13. The van der Waals surface area contributed by atoms with Crippen LogP contribution in [-0.2, 0) is 11.3 Å². The highest BCUT2D eigenvalue weighted by atomic mass is 16.2. The molecule has 1 atom stereocenters. The molecule has 0 fully saturated rings. The molecule has 0 bridgehead atoms. The number of carbonyl (C=O) groups is 1. The standard InChI is InChI=1S/C18H22N2O/c1-14-9-10-16(15(2)11-14)12-20(3)13-18(21)19-17-7-5-4-6-8-17/h4-11H,12-13H2,1-3H3,(H,19,21)/p+1. The number of benzene rings is 2. The molecular weight excluding hydrogens is 260 g/mol. The highest BCUT2D eigenvalue weighted by Gasteiger charge is 2.12. The van der Waals surface area contributed by atoms with Gasteiger partial charge in [-0.25, -0.2) is 0 Å². The fourth-order valence-corrected chi connectivity index (χ4v) is 2.43. The van der Waals surface area contributed by atoms with Gasteiger partial charge in [-0.2, -0.15) is 0 Å². The smallest absolute Gasteiger partial charge is 0.279 e. The van der Waals surface area contributed by atoms with Crippen molar-refractivity contribution >= 4 is 11.6 Å². The van der Waals surface area contributed by atoms with Gasteiger partial charge in [-0.1, -0.05) is 42.0 Å². The zero-order valence-corrected chi connectivity index (χ0v) is 12.9. The predicted molar refractivity (Wildman–Crippen MR) is 86.4 cm³/mol. The van der Waals surface area contributed by atoms with Crippen molar-refractivity contribution in [3.63, 3.8) is 0 Å². The van der Waals surface area contributed by atoms with Crippen molar-refractivity contribution in [3.05, 3.63) is 65.2 Å². The van der Waals surface area contributed by atoms with Gasteiger partial charge < -0.3 is 10.2 Å². The van der Waals surface area contributed by atoms with Crippen LogP contribution in [0.5, 0.6) is 0 Å². The van der Waals surface area contributed by atoms with Crippen molar-refractivity contribution in [3.8, 4) is 0 Å². The average molecular weight is 283 g/mol. The van der Waals surface area contributed by atoms with Gasteiger partial charge in [0, 0.05) is 11.3 Å². The minimum atomic E-state index is 0.0449. The Kier molecular flexibility index (Phi) is 5.12. The number of quaternary nitrogens is 1. The number of carbonyl (C=O) groups excluding carboxylic acids is 1. The second-order valence-corrected chi connectivity index (χ2v) is 5.65. The number of aryl methyl sites for hydroxylation is 2. The van der Waals surface area contributed by atoms with E-state index in [1.54, 1.807) is 0 Å². The lowest BCUT2D eigenvalue weighted by molar-refractivity contribution is -0.885. The Morgan fingerprint density at radius 3 is 2.48 bits per heavy atom. The molecule has 1 amide bonds. The van der Waals surface area contributed by atoms with Crippen LogP contribution in [0, 0.1) is 13.8 Å². The Balaban J connectivity index is 1.89. The monoisotopic (exact) mass is 283 g/mol. The second-order valence-electron chi connectivity index (χ2n) is 5.65. The molecular formula is C18H23N2O+. The molecule has 0 aliphatic heterocycles. The van der Waals surface area contributed by atoms with Crippen molar-refractivity contribution in [2.45, 2.75) is 20.4 Å². The van der Waals surface area contributed by atoms with Gasteiger partial charge in [0.15, 0.2) is 6.54 Å².